The van der Waals surface area contributed by atoms with Crippen molar-refractivity contribution in [3.63, 3.8) is 0 Å². The SMILES string of the molecule is O=C(CCc1ccccc1F)N1CCCC1. The van der Waals surface area contributed by atoms with Gasteiger partial charge in [0.1, 0.15) is 5.82 Å². The third-order valence-electron chi connectivity index (χ3n) is 3.02. The number of nitrogens with zero attached hydrogens (tertiary/aromatic N) is 1. The fourth-order valence-electron chi connectivity index (χ4n) is 2.07. The van der Waals surface area contributed by atoms with Gasteiger partial charge in [-0.05, 0) is 30.9 Å². The van der Waals surface area contributed by atoms with Crippen molar-refractivity contribution < 1.29 is 9.18 Å². The predicted octanol–water partition coefficient (Wildman–Crippen LogP) is 2.38. The standard InChI is InChI=1S/C13H16FNO/c14-12-6-2-1-5-11(12)7-8-13(16)15-9-3-4-10-15/h1-2,5-6H,3-4,7-10H2. The summed E-state index contributed by atoms with van der Waals surface area (Å²) in [5.41, 5.74) is 0.634. The highest BCUT2D eigenvalue weighted by Crippen LogP contribution is 2.13. The molecule has 3 heteroatoms. The molecule has 0 spiro atoms. The van der Waals surface area contributed by atoms with E-state index in [-0.39, 0.29) is 11.7 Å². The molecule has 0 aliphatic carbocycles. The molecule has 1 saturated heterocycles. The Morgan fingerprint density at radius 3 is 2.62 bits per heavy atom. The van der Waals surface area contributed by atoms with E-state index in [4.69, 9.17) is 0 Å². The maximum absolute atomic E-state index is 13.3. The van der Waals surface area contributed by atoms with E-state index in [0.29, 0.717) is 18.4 Å². The van der Waals surface area contributed by atoms with Crippen molar-refractivity contribution in [2.45, 2.75) is 25.7 Å². The van der Waals surface area contributed by atoms with Gasteiger partial charge < -0.3 is 4.90 Å². The maximum Gasteiger partial charge on any atom is 0.222 e. The van der Waals surface area contributed by atoms with Crippen molar-refractivity contribution in [3.05, 3.63) is 35.6 Å². The van der Waals surface area contributed by atoms with Crippen LogP contribution in [0, 0.1) is 5.82 Å². The molecule has 0 N–H and O–H groups in total. The van der Waals surface area contributed by atoms with Crippen LogP contribution >= 0.6 is 0 Å². The van der Waals surface area contributed by atoms with Gasteiger partial charge in [-0.2, -0.15) is 0 Å². The van der Waals surface area contributed by atoms with Gasteiger partial charge in [-0.3, -0.25) is 4.79 Å². The van der Waals surface area contributed by atoms with E-state index < -0.39 is 0 Å². The van der Waals surface area contributed by atoms with Gasteiger partial charge in [0.05, 0.1) is 0 Å². The molecule has 1 heterocycles. The Labute approximate surface area is 95.1 Å². The number of likely N-dealkylation sites (tertiary alicyclic amines) is 1. The summed E-state index contributed by atoms with van der Waals surface area (Å²) in [6.45, 7) is 1.74. The maximum atomic E-state index is 13.3. The number of hydrogen-bond acceptors (Lipinski definition) is 1. The molecule has 2 rings (SSSR count). The molecule has 0 bridgehead atoms. The molecule has 1 amide bonds. The molecule has 0 atom stereocenters. The van der Waals surface area contributed by atoms with Crippen LogP contribution in [-0.2, 0) is 11.2 Å². The van der Waals surface area contributed by atoms with E-state index >= 15 is 0 Å². The Kier molecular flexibility index (Phi) is 3.54. The quantitative estimate of drug-likeness (QED) is 0.767. The number of benzene rings is 1. The van der Waals surface area contributed by atoms with Crippen LogP contribution in [0.2, 0.25) is 0 Å². The van der Waals surface area contributed by atoms with E-state index in [9.17, 15) is 9.18 Å². The van der Waals surface area contributed by atoms with Gasteiger partial charge in [-0.1, -0.05) is 18.2 Å². The molecule has 1 aliphatic rings. The fourth-order valence-corrected chi connectivity index (χ4v) is 2.07. The summed E-state index contributed by atoms with van der Waals surface area (Å²) < 4.78 is 13.3. The molecule has 1 fully saturated rings. The highest BCUT2D eigenvalue weighted by Gasteiger charge is 2.17. The third kappa shape index (κ3) is 2.60. The Hall–Kier alpha value is -1.38. The van der Waals surface area contributed by atoms with Crippen LogP contribution in [0.1, 0.15) is 24.8 Å². The lowest BCUT2D eigenvalue weighted by molar-refractivity contribution is -0.130. The van der Waals surface area contributed by atoms with Crippen molar-refractivity contribution in [1.29, 1.82) is 0 Å². The number of carbonyl (C=O) groups excluding carboxylic acids is 1. The Morgan fingerprint density at radius 2 is 1.94 bits per heavy atom. The summed E-state index contributed by atoms with van der Waals surface area (Å²) >= 11 is 0. The molecule has 1 aromatic rings. The number of rotatable bonds is 3. The zero-order chi connectivity index (χ0) is 11.4. The second kappa shape index (κ2) is 5.10. The van der Waals surface area contributed by atoms with Crippen LogP contribution in [0.3, 0.4) is 0 Å². The van der Waals surface area contributed by atoms with Gasteiger partial charge in [0.2, 0.25) is 5.91 Å². The summed E-state index contributed by atoms with van der Waals surface area (Å²) in [5, 5.41) is 0. The minimum atomic E-state index is -0.211. The number of amides is 1. The van der Waals surface area contributed by atoms with E-state index in [1.807, 2.05) is 4.90 Å². The highest BCUT2D eigenvalue weighted by molar-refractivity contribution is 5.76. The van der Waals surface area contributed by atoms with Crippen molar-refractivity contribution in [3.8, 4) is 0 Å². The minimum absolute atomic E-state index is 0.153. The van der Waals surface area contributed by atoms with Crippen molar-refractivity contribution in [2.24, 2.45) is 0 Å². The first kappa shape index (κ1) is 11.1. The molecule has 0 unspecified atom stereocenters. The Bertz CT molecular complexity index is 372. The number of carbonyl (C=O) groups is 1. The molecule has 2 nitrogen and oxygen atoms in total. The summed E-state index contributed by atoms with van der Waals surface area (Å²) in [7, 11) is 0. The van der Waals surface area contributed by atoms with Crippen molar-refractivity contribution >= 4 is 5.91 Å². The first-order valence-electron chi connectivity index (χ1n) is 5.78. The first-order valence-corrected chi connectivity index (χ1v) is 5.78. The van der Waals surface area contributed by atoms with Gasteiger partial charge >= 0.3 is 0 Å². The van der Waals surface area contributed by atoms with Crippen LogP contribution < -0.4 is 0 Å². The second-order valence-corrected chi connectivity index (χ2v) is 4.18. The number of hydrogen-bond donors (Lipinski definition) is 0. The average Bonchev–Trinajstić information content (AvgIpc) is 2.81. The van der Waals surface area contributed by atoms with Gasteiger partial charge in [0.25, 0.3) is 0 Å². The number of aryl methyl sites for hydroxylation is 1. The molecular formula is C13H16FNO. The topological polar surface area (TPSA) is 20.3 Å². The van der Waals surface area contributed by atoms with Crippen molar-refractivity contribution in [1.82, 2.24) is 4.90 Å². The first-order chi connectivity index (χ1) is 7.77. The zero-order valence-corrected chi connectivity index (χ0v) is 9.29. The van der Waals surface area contributed by atoms with E-state index in [0.717, 1.165) is 25.9 Å². The van der Waals surface area contributed by atoms with E-state index in [1.165, 1.54) is 6.07 Å². The van der Waals surface area contributed by atoms with Crippen LogP contribution in [0.15, 0.2) is 24.3 Å². The van der Waals surface area contributed by atoms with Gasteiger partial charge in [0.15, 0.2) is 0 Å². The predicted molar refractivity (Wildman–Crippen MR) is 60.5 cm³/mol. The molecule has 0 saturated carbocycles. The molecule has 1 aromatic carbocycles. The van der Waals surface area contributed by atoms with Gasteiger partial charge in [-0.25, -0.2) is 4.39 Å². The lowest BCUT2D eigenvalue weighted by Gasteiger charge is -2.14. The summed E-state index contributed by atoms with van der Waals surface area (Å²) in [6, 6.07) is 6.65. The van der Waals surface area contributed by atoms with Crippen LogP contribution in [0.5, 0.6) is 0 Å². The molecule has 0 radical (unpaired) electrons. The molecule has 16 heavy (non-hydrogen) atoms. The van der Waals surface area contributed by atoms with E-state index in [2.05, 4.69) is 0 Å². The number of halogens is 1. The average molecular weight is 221 g/mol. The largest absolute Gasteiger partial charge is 0.343 e. The lowest BCUT2D eigenvalue weighted by Crippen LogP contribution is -2.27. The van der Waals surface area contributed by atoms with Gasteiger partial charge in [0, 0.05) is 19.5 Å². The highest BCUT2D eigenvalue weighted by atomic mass is 19.1. The monoisotopic (exact) mass is 221 g/mol. The zero-order valence-electron chi connectivity index (χ0n) is 9.29. The Morgan fingerprint density at radius 1 is 1.25 bits per heavy atom. The summed E-state index contributed by atoms with van der Waals surface area (Å²) in [4.78, 5) is 13.6. The molecule has 1 aliphatic heterocycles. The minimum Gasteiger partial charge on any atom is -0.343 e. The van der Waals surface area contributed by atoms with Crippen molar-refractivity contribution in [2.75, 3.05) is 13.1 Å². The van der Waals surface area contributed by atoms with E-state index in [1.54, 1.807) is 18.2 Å². The summed E-state index contributed by atoms with van der Waals surface area (Å²) in [6.07, 6.45) is 3.12. The van der Waals surface area contributed by atoms with Crippen LogP contribution in [0.4, 0.5) is 4.39 Å². The molecular weight excluding hydrogens is 205 g/mol. The molecule has 86 valence electrons. The van der Waals surface area contributed by atoms with Gasteiger partial charge in [-0.15, -0.1) is 0 Å². The summed E-state index contributed by atoms with van der Waals surface area (Å²) in [5.74, 6) is -0.0579. The normalized spacial score (nSPS) is 15.4. The lowest BCUT2D eigenvalue weighted by atomic mass is 10.1. The third-order valence-corrected chi connectivity index (χ3v) is 3.02. The fraction of sp³-hybridized carbons (Fsp3) is 0.462. The second-order valence-electron chi connectivity index (χ2n) is 4.18. The van der Waals surface area contributed by atoms with Crippen LogP contribution in [-0.4, -0.2) is 23.9 Å². The Balaban J connectivity index is 1.87. The van der Waals surface area contributed by atoms with Crippen LogP contribution in [0.25, 0.3) is 0 Å². The smallest absolute Gasteiger partial charge is 0.222 e. The molecule has 0 aromatic heterocycles.